The van der Waals surface area contributed by atoms with Crippen LogP contribution in [0.3, 0.4) is 0 Å². The van der Waals surface area contributed by atoms with Gasteiger partial charge in [-0.05, 0) is 17.9 Å². The number of carboxylic acids is 1. The molecule has 0 bridgehead atoms. The Morgan fingerprint density at radius 3 is 2.82 bits per heavy atom. The topological polar surface area (TPSA) is 86.1 Å². The van der Waals surface area contributed by atoms with Crippen LogP contribution in [0.5, 0.6) is 0 Å². The van der Waals surface area contributed by atoms with Crippen molar-refractivity contribution < 1.29 is 9.90 Å². The molecule has 1 rings (SSSR count). The van der Waals surface area contributed by atoms with Crippen molar-refractivity contribution in [2.24, 2.45) is 11.0 Å². The molecule has 0 radical (unpaired) electrons. The minimum atomic E-state index is -1.02. The van der Waals surface area contributed by atoms with Gasteiger partial charge in [-0.25, -0.2) is 0 Å². The molecule has 0 heterocycles. The molecule has 0 aromatic rings. The van der Waals surface area contributed by atoms with E-state index < -0.39 is 12.0 Å². The van der Waals surface area contributed by atoms with Crippen molar-refractivity contribution in [2.45, 2.75) is 25.3 Å². The van der Waals surface area contributed by atoms with Crippen LogP contribution < -0.4 is 0 Å². The predicted octanol–water partition coefficient (Wildman–Crippen LogP) is 1.55. The van der Waals surface area contributed by atoms with E-state index in [-0.39, 0.29) is 0 Å². The van der Waals surface area contributed by atoms with Crippen molar-refractivity contribution in [3.05, 3.63) is 10.4 Å². The van der Waals surface area contributed by atoms with Gasteiger partial charge in [0, 0.05) is 4.91 Å². The summed E-state index contributed by atoms with van der Waals surface area (Å²) in [6.07, 6.45) is 2.65. The quantitative estimate of drug-likeness (QED) is 0.379. The number of rotatable bonds is 4. The number of nitrogens with zero attached hydrogens (tertiary/aromatic N) is 3. The molecular weight excluding hydrogens is 146 g/mol. The van der Waals surface area contributed by atoms with E-state index in [0.717, 1.165) is 12.8 Å². The average molecular weight is 155 g/mol. The highest BCUT2D eigenvalue weighted by molar-refractivity contribution is 5.73. The molecule has 0 aliphatic heterocycles. The zero-order valence-electron chi connectivity index (χ0n) is 5.97. The molecule has 5 heteroatoms. The van der Waals surface area contributed by atoms with Gasteiger partial charge in [-0.2, -0.15) is 0 Å². The maximum atomic E-state index is 10.4. The lowest BCUT2D eigenvalue weighted by molar-refractivity contribution is -0.138. The summed E-state index contributed by atoms with van der Waals surface area (Å²) in [5.41, 5.74) is 8.01. The summed E-state index contributed by atoms with van der Waals surface area (Å²) >= 11 is 0. The summed E-state index contributed by atoms with van der Waals surface area (Å²) < 4.78 is 0. The van der Waals surface area contributed by atoms with Crippen molar-refractivity contribution in [1.82, 2.24) is 0 Å². The molecule has 60 valence electrons. The molecule has 1 aliphatic rings. The van der Waals surface area contributed by atoms with Crippen molar-refractivity contribution in [2.75, 3.05) is 0 Å². The van der Waals surface area contributed by atoms with Gasteiger partial charge in [-0.15, -0.1) is 0 Å². The Hall–Kier alpha value is -1.22. The number of aliphatic carboxylic acids is 1. The zero-order valence-corrected chi connectivity index (χ0v) is 5.97. The first-order chi connectivity index (χ1) is 5.24. The van der Waals surface area contributed by atoms with E-state index in [4.69, 9.17) is 10.6 Å². The van der Waals surface area contributed by atoms with E-state index in [0.29, 0.717) is 12.3 Å². The predicted molar refractivity (Wildman–Crippen MR) is 37.9 cm³/mol. The highest BCUT2D eigenvalue weighted by atomic mass is 16.4. The van der Waals surface area contributed by atoms with Crippen LogP contribution in [0.25, 0.3) is 10.4 Å². The van der Waals surface area contributed by atoms with Crippen molar-refractivity contribution >= 4 is 5.97 Å². The molecule has 5 nitrogen and oxygen atoms in total. The molecule has 1 aliphatic carbocycles. The molecule has 1 N–H and O–H groups in total. The number of hydrogen-bond donors (Lipinski definition) is 1. The molecule has 0 spiro atoms. The molecule has 0 aromatic heterocycles. The SMILES string of the molecule is [N-]=[N+]=NC(CC1CC1)C(=O)O. The van der Waals surface area contributed by atoms with E-state index in [1.807, 2.05) is 0 Å². The van der Waals surface area contributed by atoms with Gasteiger partial charge in [-0.1, -0.05) is 18.0 Å². The van der Waals surface area contributed by atoms with Crippen LogP contribution in [0.15, 0.2) is 5.11 Å². The van der Waals surface area contributed by atoms with Gasteiger partial charge < -0.3 is 5.11 Å². The monoisotopic (exact) mass is 155 g/mol. The highest BCUT2D eigenvalue weighted by Gasteiger charge is 2.28. The van der Waals surface area contributed by atoms with Gasteiger partial charge >= 0.3 is 5.97 Å². The Bertz CT molecular complexity index is 204. The Labute approximate surface area is 63.6 Å². The third-order valence-corrected chi connectivity index (χ3v) is 1.73. The zero-order chi connectivity index (χ0) is 8.27. The fourth-order valence-electron chi connectivity index (χ4n) is 0.929. The van der Waals surface area contributed by atoms with Crippen molar-refractivity contribution in [3.8, 4) is 0 Å². The Morgan fingerprint density at radius 1 is 1.82 bits per heavy atom. The fourth-order valence-corrected chi connectivity index (χ4v) is 0.929. The smallest absolute Gasteiger partial charge is 0.312 e. The van der Waals surface area contributed by atoms with Gasteiger partial charge in [0.05, 0.1) is 0 Å². The lowest BCUT2D eigenvalue weighted by atomic mass is 10.1. The number of hydrogen-bond acceptors (Lipinski definition) is 2. The van der Waals surface area contributed by atoms with Crippen LogP contribution in [0.4, 0.5) is 0 Å². The Kier molecular flexibility index (Phi) is 2.33. The summed E-state index contributed by atoms with van der Waals surface area (Å²) in [6.45, 7) is 0. The standard InChI is InChI=1S/C6H9N3O2/c7-9-8-5(6(10)11)3-4-1-2-4/h4-5H,1-3H2,(H,10,11). The second kappa shape index (κ2) is 3.25. The van der Waals surface area contributed by atoms with E-state index in [1.165, 1.54) is 0 Å². The summed E-state index contributed by atoms with van der Waals surface area (Å²) in [4.78, 5) is 12.9. The molecule has 1 atom stereocenters. The van der Waals surface area contributed by atoms with Gasteiger partial charge in [0.2, 0.25) is 0 Å². The molecule has 1 fully saturated rings. The Morgan fingerprint density at radius 2 is 2.45 bits per heavy atom. The first kappa shape index (κ1) is 7.88. The summed E-state index contributed by atoms with van der Waals surface area (Å²) in [5, 5.41) is 11.7. The summed E-state index contributed by atoms with van der Waals surface area (Å²) in [5.74, 6) is -0.545. The molecule has 0 aromatic carbocycles. The molecule has 1 unspecified atom stereocenters. The first-order valence-electron chi connectivity index (χ1n) is 3.51. The number of carboxylic acid groups (broad SMARTS) is 1. The largest absolute Gasteiger partial charge is 0.481 e. The van der Waals surface area contributed by atoms with Crippen molar-refractivity contribution in [1.29, 1.82) is 0 Å². The second-order valence-corrected chi connectivity index (χ2v) is 2.74. The third kappa shape index (κ3) is 2.47. The fraction of sp³-hybridized carbons (Fsp3) is 0.833. The first-order valence-corrected chi connectivity index (χ1v) is 3.51. The lowest BCUT2D eigenvalue weighted by Crippen LogP contribution is -2.17. The van der Waals surface area contributed by atoms with E-state index in [9.17, 15) is 4.79 Å². The van der Waals surface area contributed by atoms with Crippen molar-refractivity contribution in [3.63, 3.8) is 0 Å². The van der Waals surface area contributed by atoms with Crippen LogP contribution in [0, 0.1) is 5.92 Å². The van der Waals surface area contributed by atoms with E-state index in [1.54, 1.807) is 0 Å². The van der Waals surface area contributed by atoms with E-state index in [2.05, 4.69) is 10.0 Å². The minimum absolute atomic E-state index is 0.474. The molecular formula is C6H9N3O2. The van der Waals surface area contributed by atoms with Crippen LogP contribution in [-0.4, -0.2) is 17.1 Å². The maximum absolute atomic E-state index is 10.4. The van der Waals surface area contributed by atoms with E-state index >= 15 is 0 Å². The lowest BCUT2D eigenvalue weighted by Gasteiger charge is -2.01. The van der Waals surface area contributed by atoms with Gasteiger partial charge in [0.25, 0.3) is 0 Å². The minimum Gasteiger partial charge on any atom is -0.481 e. The third-order valence-electron chi connectivity index (χ3n) is 1.73. The maximum Gasteiger partial charge on any atom is 0.312 e. The van der Waals surface area contributed by atoms with Gasteiger partial charge in [0.1, 0.15) is 6.04 Å². The Balaban J connectivity index is 2.43. The average Bonchev–Trinajstić information content (AvgIpc) is 2.70. The van der Waals surface area contributed by atoms with Crippen LogP contribution in [0.2, 0.25) is 0 Å². The normalized spacial score (nSPS) is 18.5. The molecule has 0 amide bonds. The molecule has 1 saturated carbocycles. The van der Waals surface area contributed by atoms with Crippen LogP contribution >= 0.6 is 0 Å². The summed E-state index contributed by atoms with van der Waals surface area (Å²) in [6, 6.07) is -0.854. The summed E-state index contributed by atoms with van der Waals surface area (Å²) in [7, 11) is 0. The van der Waals surface area contributed by atoms with Gasteiger partial charge in [-0.3, -0.25) is 4.79 Å². The van der Waals surface area contributed by atoms with Crippen LogP contribution in [-0.2, 0) is 4.79 Å². The van der Waals surface area contributed by atoms with Crippen LogP contribution in [0.1, 0.15) is 19.3 Å². The van der Waals surface area contributed by atoms with Gasteiger partial charge in [0.15, 0.2) is 0 Å². The molecule has 0 saturated heterocycles. The second-order valence-electron chi connectivity index (χ2n) is 2.74. The molecule has 11 heavy (non-hydrogen) atoms. The number of azide groups is 1. The highest BCUT2D eigenvalue weighted by Crippen LogP contribution is 2.34. The number of carbonyl (C=O) groups is 1.